The molecule has 0 radical (unpaired) electrons. The molecule has 32 heavy (non-hydrogen) atoms. The van der Waals surface area contributed by atoms with Crippen LogP contribution in [0.15, 0.2) is 34.0 Å². The van der Waals surface area contributed by atoms with Crippen molar-refractivity contribution in [2.45, 2.75) is 18.3 Å². The van der Waals surface area contributed by atoms with Crippen molar-refractivity contribution in [2.24, 2.45) is 5.16 Å². The number of oxime groups is 1. The van der Waals surface area contributed by atoms with Crippen molar-refractivity contribution in [1.29, 1.82) is 0 Å². The molecule has 1 aromatic heterocycles. The number of carboxylic acids is 1. The Kier molecular flexibility index (Phi) is 8.47. The van der Waals surface area contributed by atoms with Gasteiger partial charge in [0.25, 0.3) is 11.8 Å². The number of carbonyl (C=O) groups excluding carboxylic acids is 4. The third-order valence-electron chi connectivity index (χ3n) is 4.33. The van der Waals surface area contributed by atoms with Crippen molar-refractivity contribution in [3.63, 3.8) is 0 Å². The average molecular weight is 489 g/mol. The van der Waals surface area contributed by atoms with E-state index >= 15 is 0 Å². The Balaban J connectivity index is 0.00000363. The van der Waals surface area contributed by atoms with Gasteiger partial charge in [-0.05, 0) is 6.92 Å². The molecule has 1 aromatic rings. The number of hydrogen-bond acceptors (Lipinski definition) is 12. The van der Waals surface area contributed by atoms with Gasteiger partial charge in [0.2, 0.25) is 0 Å². The van der Waals surface area contributed by atoms with Crippen LogP contribution in [0.3, 0.4) is 0 Å². The zero-order valence-corrected chi connectivity index (χ0v) is 20.6. The fourth-order valence-corrected chi connectivity index (χ4v) is 4.75. The van der Waals surface area contributed by atoms with Crippen LogP contribution in [0.25, 0.3) is 0 Å². The zero-order valence-electron chi connectivity index (χ0n) is 17.0. The standard InChI is InChI=1S/C17H17N5O7S2.Na/c1-6(2)16(27)29-3-7-4-30-14-10(13(24)22(14)11(7)15(25)26)20-12(23)9(21-28)8-5-31-17(18)19-8;/h5,10,14,28H,1,3-4H2,2H3,(H2,18,19)(H,20,23)(H,25,26);/q;+1/p-1/b21-9+;/t10-,14-;/m1./s1. The quantitative estimate of drug-likeness (QED) is 0.0640. The van der Waals surface area contributed by atoms with E-state index in [4.69, 9.17) is 15.7 Å². The van der Waals surface area contributed by atoms with Gasteiger partial charge in [0.1, 0.15) is 23.7 Å². The largest absolute Gasteiger partial charge is 1.00 e. The molecule has 0 saturated carbocycles. The number of fused-ring (bicyclic) bond motifs is 1. The summed E-state index contributed by atoms with van der Waals surface area (Å²) in [6.07, 6.45) is 0. The number of β-lactam (4-membered cyclic amide) rings is 1. The van der Waals surface area contributed by atoms with Gasteiger partial charge in [0.05, 0.1) is 11.7 Å². The summed E-state index contributed by atoms with van der Waals surface area (Å²) in [4.78, 5) is 53.1. The van der Waals surface area contributed by atoms with E-state index in [-0.39, 0.29) is 63.9 Å². The number of carboxylic acid groups (broad SMARTS) is 1. The molecule has 0 bridgehead atoms. The van der Waals surface area contributed by atoms with Gasteiger partial charge in [0.15, 0.2) is 10.8 Å². The number of carbonyl (C=O) groups is 4. The summed E-state index contributed by atoms with van der Waals surface area (Å²) in [5, 5.41) is 27.0. The number of hydrogen-bond donors (Lipinski definition) is 3. The van der Waals surface area contributed by atoms with E-state index < -0.39 is 46.6 Å². The second-order valence-electron chi connectivity index (χ2n) is 6.48. The first-order chi connectivity index (χ1) is 14.6. The van der Waals surface area contributed by atoms with Gasteiger partial charge in [-0.15, -0.1) is 23.1 Å². The number of thioether (sulfide) groups is 1. The third kappa shape index (κ3) is 4.99. The molecule has 3 heterocycles. The van der Waals surface area contributed by atoms with E-state index in [9.17, 15) is 24.3 Å². The Morgan fingerprint density at radius 2 is 2.19 bits per heavy atom. The minimum atomic E-state index is -1.61. The van der Waals surface area contributed by atoms with Gasteiger partial charge < -0.3 is 30.9 Å². The van der Waals surface area contributed by atoms with Gasteiger partial charge in [0, 0.05) is 22.3 Å². The molecule has 2 aliphatic heterocycles. The molecule has 0 aliphatic carbocycles. The zero-order chi connectivity index (χ0) is 22.9. The fraction of sp³-hybridized carbons (Fsp3) is 0.294. The van der Waals surface area contributed by atoms with Crippen LogP contribution < -0.4 is 45.7 Å². The van der Waals surface area contributed by atoms with Crippen LogP contribution in [-0.2, 0) is 23.9 Å². The minimum absolute atomic E-state index is 0. The first kappa shape index (κ1) is 25.9. The summed E-state index contributed by atoms with van der Waals surface area (Å²) in [7, 11) is 0. The number of aliphatic carboxylic acids is 1. The third-order valence-corrected chi connectivity index (χ3v) is 6.35. The molecule has 3 rings (SSSR count). The van der Waals surface area contributed by atoms with Crippen molar-refractivity contribution in [2.75, 3.05) is 18.1 Å². The van der Waals surface area contributed by atoms with Crippen LogP contribution in [0.5, 0.6) is 0 Å². The summed E-state index contributed by atoms with van der Waals surface area (Å²) in [5.41, 5.74) is 5.01. The van der Waals surface area contributed by atoms with Crippen LogP contribution >= 0.6 is 23.1 Å². The molecule has 4 N–H and O–H groups in total. The normalized spacial score (nSPS) is 20.0. The number of nitrogens with two attached hydrogens (primary N) is 1. The van der Waals surface area contributed by atoms with Crippen LogP contribution in [0.2, 0.25) is 0 Å². The molecule has 15 heteroatoms. The van der Waals surface area contributed by atoms with Crippen molar-refractivity contribution in [3.05, 3.63) is 34.5 Å². The smallest absolute Gasteiger partial charge is 0.543 e. The average Bonchev–Trinajstić information content (AvgIpc) is 3.15. The van der Waals surface area contributed by atoms with Crippen LogP contribution in [0.4, 0.5) is 5.13 Å². The summed E-state index contributed by atoms with van der Waals surface area (Å²) in [6, 6.07) is -1.07. The number of amides is 2. The monoisotopic (exact) mass is 489 g/mol. The first-order valence-corrected chi connectivity index (χ1v) is 10.5. The number of nitrogens with zero attached hydrogens (tertiary/aromatic N) is 3. The molecule has 2 amide bonds. The number of nitrogen functional groups attached to an aromatic ring is 1. The number of thiazole rings is 1. The van der Waals surface area contributed by atoms with E-state index in [1.807, 2.05) is 0 Å². The fourth-order valence-electron chi connectivity index (χ4n) is 2.88. The molecule has 12 nitrogen and oxygen atoms in total. The molecule has 0 unspecified atom stereocenters. The summed E-state index contributed by atoms with van der Waals surface area (Å²) in [5.74, 6) is -3.77. The van der Waals surface area contributed by atoms with E-state index in [0.29, 0.717) is 0 Å². The Hall–Kier alpha value is -2.39. The van der Waals surface area contributed by atoms with Crippen molar-refractivity contribution in [3.8, 4) is 0 Å². The van der Waals surface area contributed by atoms with Crippen molar-refractivity contribution >= 4 is 57.7 Å². The maximum absolute atomic E-state index is 12.6. The van der Waals surface area contributed by atoms with Gasteiger partial charge in [-0.3, -0.25) is 14.5 Å². The van der Waals surface area contributed by atoms with E-state index in [1.54, 1.807) is 0 Å². The molecule has 1 fully saturated rings. The second kappa shape index (κ2) is 10.5. The van der Waals surface area contributed by atoms with Crippen molar-refractivity contribution < 1.29 is 63.8 Å². The van der Waals surface area contributed by atoms with Gasteiger partial charge in [-0.2, -0.15) is 0 Å². The second-order valence-corrected chi connectivity index (χ2v) is 8.47. The predicted octanol–water partition coefficient (Wildman–Crippen LogP) is -4.57. The van der Waals surface area contributed by atoms with E-state index in [1.165, 1.54) is 24.1 Å². The molecular formula is C17H16N5NaO7S2. The molecule has 1 saturated heterocycles. The molecule has 0 spiro atoms. The number of aromatic nitrogens is 1. The SMILES string of the molecule is C=C(C)C(=O)OCC1=C(C(=O)[O-])N2C(=O)[C@@H](NC(=O)/C(=N/O)c3csc(N)n3)[C@H]2SC1.[Na+]. The van der Waals surface area contributed by atoms with Gasteiger partial charge in [-0.25, -0.2) is 9.78 Å². The Bertz CT molecular complexity index is 1050. The van der Waals surface area contributed by atoms with Gasteiger partial charge in [-0.1, -0.05) is 11.7 Å². The van der Waals surface area contributed by atoms with Gasteiger partial charge >= 0.3 is 35.5 Å². The molecule has 164 valence electrons. The van der Waals surface area contributed by atoms with Crippen LogP contribution in [-0.4, -0.2) is 68.3 Å². The number of ether oxygens (including phenoxy) is 1. The Morgan fingerprint density at radius 3 is 2.72 bits per heavy atom. The molecule has 2 aliphatic rings. The molecule has 2 atom stereocenters. The maximum Gasteiger partial charge on any atom is 1.00 e. The van der Waals surface area contributed by atoms with Crippen LogP contribution in [0, 0.1) is 0 Å². The topological polar surface area (TPSA) is 187 Å². The predicted molar refractivity (Wildman–Crippen MR) is 108 cm³/mol. The molecular weight excluding hydrogens is 473 g/mol. The number of nitrogens with one attached hydrogen (secondary N) is 1. The number of anilines is 1. The Morgan fingerprint density at radius 1 is 1.50 bits per heavy atom. The summed E-state index contributed by atoms with van der Waals surface area (Å²) < 4.78 is 4.99. The molecule has 0 aromatic carbocycles. The first-order valence-electron chi connectivity index (χ1n) is 8.60. The number of rotatable bonds is 7. The van der Waals surface area contributed by atoms with Crippen LogP contribution in [0.1, 0.15) is 12.6 Å². The van der Waals surface area contributed by atoms with E-state index in [2.05, 4.69) is 22.0 Å². The van der Waals surface area contributed by atoms with Crippen molar-refractivity contribution in [1.82, 2.24) is 15.2 Å². The minimum Gasteiger partial charge on any atom is -0.543 e. The Labute approximate surface area is 211 Å². The summed E-state index contributed by atoms with van der Waals surface area (Å²) in [6.45, 7) is 4.54. The summed E-state index contributed by atoms with van der Waals surface area (Å²) >= 11 is 2.20. The maximum atomic E-state index is 12.6. The van der Waals surface area contributed by atoms with E-state index in [0.717, 1.165) is 16.2 Å². The number of esters is 1.